The fourth-order valence-electron chi connectivity index (χ4n) is 2.54. The van der Waals surface area contributed by atoms with Crippen LogP contribution >= 0.6 is 0 Å². The van der Waals surface area contributed by atoms with Gasteiger partial charge < -0.3 is 10.1 Å². The molecule has 0 aliphatic heterocycles. The highest BCUT2D eigenvalue weighted by atomic mass is 32.2. The van der Waals surface area contributed by atoms with Crippen molar-refractivity contribution in [1.29, 1.82) is 0 Å². The molecule has 0 aliphatic rings. The number of carbonyl (C=O) groups excluding carboxylic acids is 1. The van der Waals surface area contributed by atoms with Gasteiger partial charge in [0, 0.05) is 16.5 Å². The number of aryl methyl sites for hydroxylation is 1. The van der Waals surface area contributed by atoms with Crippen LogP contribution in [0.25, 0.3) is 0 Å². The van der Waals surface area contributed by atoms with Crippen LogP contribution in [0.2, 0.25) is 0 Å². The van der Waals surface area contributed by atoms with E-state index in [4.69, 9.17) is 4.74 Å². The molecule has 0 fully saturated rings. The molecule has 2 aromatic carbocycles. The topological polar surface area (TPSA) is 55.4 Å². The minimum atomic E-state index is -1.30. The first kappa shape index (κ1) is 21.2. The molecular weight excluding hydrogens is 358 g/mol. The van der Waals surface area contributed by atoms with Crippen molar-refractivity contribution in [2.75, 3.05) is 17.7 Å². The molecule has 0 bridgehead atoms. The molecule has 0 aromatic heterocycles. The van der Waals surface area contributed by atoms with Gasteiger partial charge in [0.2, 0.25) is 5.91 Å². The van der Waals surface area contributed by atoms with Gasteiger partial charge in [0.15, 0.2) is 0 Å². The lowest BCUT2D eigenvalue weighted by Crippen LogP contribution is -2.31. The molecule has 1 N–H and O–H groups in total. The summed E-state index contributed by atoms with van der Waals surface area (Å²) in [7, 11) is -1.30. The third-order valence-electron chi connectivity index (χ3n) is 4.32. The Morgan fingerprint density at radius 2 is 1.81 bits per heavy atom. The summed E-state index contributed by atoms with van der Waals surface area (Å²) in [4.78, 5) is 12.4. The molecule has 2 atom stereocenters. The third kappa shape index (κ3) is 6.51. The van der Waals surface area contributed by atoms with E-state index in [1.807, 2.05) is 55.5 Å². The lowest BCUT2D eigenvalue weighted by molar-refractivity contribution is -0.115. The summed E-state index contributed by atoms with van der Waals surface area (Å²) in [6.45, 7) is 10.4. The maximum absolute atomic E-state index is 12.4. The van der Waals surface area contributed by atoms with Crippen molar-refractivity contribution in [2.45, 2.75) is 45.3 Å². The zero-order chi connectivity index (χ0) is 20.0. The van der Waals surface area contributed by atoms with E-state index >= 15 is 0 Å². The van der Waals surface area contributed by atoms with E-state index in [0.717, 1.165) is 11.3 Å². The number of ether oxygens (including phenoxy) is 1. The SMILES string of the molecule is Cc1cccc(OCC[S@@](=O)[C@@H](C)C(=O)Nc2ccc(C(C)(C)C)cc2)c1. The predicted molar refractivity (Wildman–Crippen MR) is 113 cm³/mol. The summed E-state index contributed by atoms with van der Waals surface area (Å²) in [5, 5.41) is 2.24. The standard InChI is InChI=1S/C22H29NO3S/c1-16-7-6-8-20(15-16)26-13-14-27(25)17(2)21(24)23-19-11-9-18(10-12-19)22(3,4)5/h6-12,15,17H,13-14H2,1-5H3,(H,23,24)/t17-,27+/m0/s1. The number of hydrogen-bond donors (Lipinski definition) is 1. The fraction of sp³-hybridized carbons (Fsp3) is 0.409. The van der Waals surface area contributed by atoms with Gasteiger partial charge in [-0.15, -0.1) is 0 Å². The molecule has 5 heteroatoms. The van der Waals surface area contributed by atoms with Crippen molar-refractivity contribution in [1.82, 2.24) is 0 Å². The number of benzene rings is 2. The van der Waals surface area contributed by atoms with E-state index in [0.29, 0.717) is 18.0 Å². The van der Waals surface area contributed by atoms with Crippen LogP contribution in [0.5, 0.6) is 5.75 Å². The van der Waals surface area contributed by atoms with Gasteiger partial charge in [0.1, 0.15) is 11.0 Å². The first-order valence-corrected chi connectivity index (χ1v) is 10.5. The van der Waals surface area contributed by atoms with Crippen molar-refractivity contribution in [2.24, 2.45) is 0 Å². The second-order valence-electron chi connectivity index (χ2n) is 7.71. The maximum Gasteiger partial charge on any atom is 0.239 e. The van der Waals surface area contributed by atoms with Crippen molar-refractivity contribution in [3.05, 3.63) is 59.7 Å². The molecule has 0 spiro atoms. The molecule has 4 nitrogen and oxygen atoms in total. The normalized spacial score (nSPS) is 13.7. The summed E-state index contributed by atoms with van der Waals surface area (Å²) < 4.78 is 18.0. The largest absolute Gasteiger partial charge is 0.493 e. The molecule has 2 rings (SSSR count). The Morgan fingerprint density at radius 1 is 1.15 bits per heavy atom. The van der Waals surface area contributed by atoms with Gasteiger partial charge in [-0.3, -0.25) is 9.00 Å². The number of nitrogens with one attached hydrogen (secondary N) is 1. The fourth-order valence-corrected chi connectivity index (χ4v) is 3.44. The molecule has 0 unspecified atom stereocenters. The lowest BCUT2D eigenvalue weighted by atomic mass is 9.87. The first-order chi connectivity index (χ1) is 12.7. The molecule has 0 heterocycles. The Balaban J connectivity index is 1.84. The summed E-state index contributed by atoms with van der Waals surface area (Å²) in [6, 6.07) is 15.5. The average Bonchev–Trinajstić information content (AvgIpc) is 2.60. The van der Waals surface area contributed by atoms with Crippen molar-refractivity contribution in [3.63, 3.8) is 0 Å². The Kier molecular flexibility index (Phi) is 7.19. The van der Waals surface area contributed by atoms with Crippen LogP contribution < -0.4 is 10.1 Å². The van der Waals surface area contributed by atoms with Gasteiger partial charge in [-0.25, -0.2) is 0 Å². The minimum Gasteiger partial charge on any atom is -0.493 e. The zero-order valence-electron chi connectivity index (χ0n) is 16.7. The van der Waals surface area contributed by atoms with Crippen LogP contribution in [0.15, 0.2) is 48.5 Å². The molecule has 0 saturated heterocycles. The summed E-state index contributed by atoms with van der Waals surface area (Å²) >= 11 is 0. The van der Waals surface area contributed by atoms with E-state index in [1.54, 1.807) is 6.92 Å². The number of rotatable bonds is 7. The van der Waals surface area contributed by atoms with Crippen molar-refractivity contribution < 1.29 is 13.7 Å². The van der Waals surface area contributed by atoms with Gasteiger partial charge in [-0.05, 0) is 54.7 Å². The third-order valence-corrected chi connectivity index (χ3v) is 5.90. The number of hydrogen-bond acceptors (Lipinski definition) is 3. The maximum atomic E-state index is 12.4. The highest BCUT2D eigenvalue weighted by Gasteiger charge is 2.20. The number of carbonyl (C=O) groups is 1. The quantitative estimate of drug-likeness (QED) is 0.764. The van der Waals surface area contributed by atoms with Crippen LogP contribution in [0, 0.1) is 6.92 Å². The smallest absolute Gasteiger partial charge is 0.239 e. The van der Waals surface area contributed by atoms with Crippen molar-refractivity contribution in [3.8, 4) is 5.75 Å². The molecule has 0 aliphatic carbocycles. The highest BCUT2D eigenvalue weighted by molar-refractivity contribution is 7.86. The van der Waals surface area contributed by atoms with Gasteiger partial charge >= 0.3 is 0 Å². The molecule has 0 saturated carbocycles. The molecular formula is C22H29NO3S. The van der Waals surface area contributed by atoms with Crippen molar-refractivity contribution >= 4 is 22.4 Å². The monoisotopic (exact) mass is 387 g/mol. The highest BCUT2D eigenvalue weighted by Crippen LogP contribution is 2.23. The number of amides is 1. The van der Waals surface area contributed by atoms with Gasteiger partial charge in [0.25, 0.3) is 0 Å². The second kappa shape index (κ2) is 9.18. The molecule has 0 radical (unpaired) electrons. The van der Waals surface area contributed by atoms with E-state index < -0.39 is 16.0 Å². The summed E-state index contributed by atoms with van der Waals surface area (Å²) in [6.07, 6.45) is 0. The van der Waals surface area contributed by atoms with Crippen LogP contribution in [0.3, 0.4) is 0 Å². The van der Waals surface area contributed by atoms with E-state index in [-0.39, 0.29) is 11.3 Å². The van der Waals surface area contributed by atoms with E-state index in [9.17, 15) is 9.00 Å². The zero-order valence-corrected chi connectivity index (χ0v) is 17.6. The second-order valence-corrected chi connectivity index (χ2v) is 9.59. The van der Waals surface area contributed by atoms with E-state index in [1.165, 1.54) is 5.56 Å². The molecule has 146 valence electrons. The Labute approximate surface area is 164 Å². The molecule has 27 heavy (non-hydrogen) atoms. The molecule has 1 amide bonds. The van der Waals surface area contributed by atoms with Crippen LogP contribution in [0.1, 0.15) is 38.8 Å². The average molecular weight is 388 g/mol. The minimum absolute atomic E-state index is 0.0641. The Hall–Kier alpha value is -2.14. The Bertz CT molecular complexity index is 794. The summed E-state index contributed by atoms with van der Waals surface area (Å²) in [5.41, 5.74) is 3.09. The van der Waals surface area contributed by atoms with Gasteiger partial charge in [-0.1, -0.05) is 45.0 Å². The Morgan fingerprint density at radius 3 is 2.41 bits per heavy atom. The molecule has 2 aromatic rings. The van der Waals surface area contributed by atoms with Gasteiger partial charge in [-0.2, -0.15) is 0 Å². The first-order valence-electron chi connectivity index (χ1n) is 9.15. The van der Waals surface area contributed by atoms with Crippen LogP contribution in [0.4, 0.5) is 5.69 Å². The van der Waals surface area contributed by atoms with Crippen LogP contribution in [-0.2, 0) is 21.0 Å². The number of anilines is 1. The lowest BCUT2D eigenvalue weighted by Gasteiger charge is -2.19. The van der Waals surface area contributed by atoms with E-state index in [2.05, 4.69) is 26.1 Å². The predicted octanol–water partition coefficient (Wildman–Crippen LogP) is 4.45. The summed E-state index contributed by atoms with van der Waals surface area (Å²) in [5.74, 6) is 0.821. The van der Waals surface area contributed by atoms with Crippen LogP contribution in [-0.4, -0.2) is 27.7 Å². The van der Waals surface area contributed by atoms with Gasteiger partial charge in [0.05, 0.1) is 12.4 Å².